The first-order chi connectivity index (χ1) is 10.1. The molecule has 0 aliphatic carbocycles. The van der Waals surface area contributed by atoms with Gasteiger partial charge < -0.3 is 5.32 Å². The molecule has 0 fully saturated rings. The Balaban J connectivity index is 2.31. The SMILES string of the molecule is N#CNC(=Nc1ccccc1Cl)Nc1cc(Cl)cc(Cl)c1. The van der Waals surface area contributed by atoms with Crippen molar-refractivity contribution in [1.82, 2.24) is 5.32 Å². The van der Waals surface area contributed by atoms with Crippen LogP contribution in [-0.2, 0) is 0 Å². The highest BCUT2D eigenvalue weighted by atomic mass is 35.5. The van der Waals surface area contributed by atoms with Crippen LogP contribution in [0.4, 0.5) is 11.4 Å². The lowest BCUT2D eigenvalue weighted by atomic mass is 10.3. The van der Waals surface area contributed by atoms with Crippen molar-refractivity contribution in [2.75, 3.05) is 5.32 Å². The maximum Gasteiger partial charge on any atom is 0.214 e. The monoisotopic (exact) mass is 338 g/mol. The molecule has 7 heteroatoms. The summed E-state index contributed by atoms with van der Waals surface area (Å²) in [6.07, 6.45) is 1.80. The quantitative estimate of drug-likeness (QED) is 0.357. The molecule has 0 unspecified atom stereocenters. The third-order valence-corrected chi connectivity index (χ3v) is 3.14. The van der Waals surface area contributed by atoms with Gasteiger partial charge in [0.05, 0.1) is 10.7 Å². The van der Waals surface area contributed by atoms with E-state index in [9.17, 15) is 0 Å². The summed E-state index contributed by atoms with van der Waals surface area (Å²) in [5, 5.41) is 15.6. The van der Waals surface area contributed by atoms with Gasteiger partial charge in [-0.05, 0) is 30.3 Å². The number of benzene rings is 2. The van der Waals surface area contributed by atoms with Crippen LogP contribution in [0.1, 0.15) is 0 Å². The first-order valence-corrected chi connectivity index (χ1v) is 6.93. The fourth-order valence-electron chi connectivity index (χ4n) is 1.57. The van der Waals surface area contributed by atoms with Crippen LogP contribution in [0.2, 0.25) is 15.1 Å². The number of nitrogens with one attached hydrogen (secondary N) is 2. The van der Waals surface area contributed by atoms with Gasteiger partial charge in [0.15, 0.2) is 6.19 Å². The minimum absolute atomic E-state index is 0.212. The van der Waals surface area contributed by atoms with Crippen LogP contribution in [-0.4, -0.2) is 5.96 Å². The number of aliphatic imine (C=N–C) groups is 1. The molecule has 0 saturated heterocycles. The Morgan fingerprint density at radius 1 is 1.05 bits per heavy atom. The fourth-order valence-corrected chi connectivity index (χ4v) is 2.27. The highest BCUT2D eigenvalue weighted by Crippen LogP contribution is 2.25. The number of guanidine groups is 1. The maximum atomic E-state index is 8.80. The molecular formula is C14H9Cl3N4. The number of nitriles is 1. The van der Waals surface area contributed by atoms with Gasteiger partial charge in [0.2, 0.25) is 5.96 Å². The summed E-state index contributed by atoms with van der Waals surface area (Å²) in [5.74, 6) is 0.212. The lowest BCUT2D eigenvalue weighted by Crippen LogP contribution is -2.26. The summed E-state index contributed by atoms with van der Waals surface area (Å²) in [4.78, 5) is 4.26. The van der Waals surface area contributed by atoms with Gasteiger partial charge in [0.1, 0.15) is 0 Å². The van der Waals surface area contributed by atoms with Crippen LogP contribution in [0, 0.1) is 11.5 Å². The summed E-state index contributed by atoms with van der Waals surface area (Å²) in [5.41, 5.74) is 1.12. The van der Waals surface area contributed by atoms with E-state index < -0.39 is 0 Å². The predicted molar refractivity (Wildman–Crippen MR) is 87.4 cm³/mol. The van der Waals surface area contributed by atoms with Crippen molar-refractivity contribution in [2.45, 2.75) is 0 Å². The number of anilines is 1. The molecule has 4 nitrogen and oxygen atoms in total. The third-order valence-electron chi connectivity index (χ3n) is 2.38. The number of nitrogens with zero attached hydrogens (tertiary/aromatic N) is 2. The summed E-state index contributed by atoms with van der Waals surface area (Å²) in [6, 6.07) is 12.0. The van der Waals surface area contributed by atoms with E-state index >= 15 is 0 Å². The van der Waals surface area contributed by atoms with Crippen molar-refractivity contribution in [3.63, 3.8) is 0 Å². The van der Waals surface area contributed by atoms with Gasteiger partial charge in [0.25, 0.3) is 0 Å². The molecule has 2 rings (SSSR count). The first-order valence-electron chi connectivity index (χ1n) is 5.80. The second kappa shape index (κ2) is 7.19. The second-order valence-electron chi connectivity index (χ2n) is 3.93. The molecule has 2 aromatic rings. The van der Waals surface area contributed by atoms with Gasteiger partial charge in [-0.2, -0.15) is 5.26 Å². The lowest BCUT2D eigenvalue weighted by molar-refractivity contribution is 1.23. The molecule has 0 aromatic heterocycles. The van der Waals surface area contributed by atoms with Crippen LogP contribution in [0.25, 0.3) is 0 Å². The van der Waals surface area contributed by atoms with Crippen LogP contribution in [0.15, 0.2) is 47.5 Å². The number of rotatable bonds is 2. The summed E-state index contributed by atoms with van der Waals surface area (Å²) < 4.78 is 0. The Hall–Kier alpha value is -1.93. The highest BCUT2D eigenvalue weighted by Gasteiger charge is 2.04. The van der Waals surface area contributed by atoms with Crippen molar-refractivity contribution in [1.29, 1.82) is 5.26 Å². The third kappa shape index (κ3) is 4.54. The van der Waals surface area contributed by atoms with Crippen LogP contribution >= 0.6 is 34.8 Å². The largest absolute Gasteiger partial charge is 0.325 e. The summed E-state index contributed by atoms with van der Waals surface area (Å²) in [7, 11) is 0. The molecule has 0 amide bonds. The van der Waals surface area contributed by atoms with Crippen molar-refractivity contribution in [3.8, 4) is 6.19 Å². The minimum atomic E-state index is 0.212. The highest BCUT2D eigenvalue weighted by molar-refractivity contribution is 6.35. The van der Waals surface area contributed by atoms with E-state index in [1.54, 1.807) is 48.7 Å². The molecule has 2 aromatic carbocycles. The van der Waals surface area contributed by atoms with E-state index in [1.165, 1.54) is 0 Å². The van der Waals surface area contributed by atoms with Gasteiger partial charge in [-0.25, -0.2) is 4.99 Å². The molecule has 0 atom stereocenters. The average Bonchev–Trinajstić information content (AvgIpc) is 2.40. The summed E-state index contributed by atoms with van der Waals surface area (Å²) >= 11 is 17.9. The van der Waals surface area contributed by atoms with Gasteiger partial charge in [-0.3, -0.25) is 5.32 Å². The Morgan fingerprint density at radius 2 is 1.71 bits per heavy atom. The van der Waals surface area contributed by atoms with Crippen LogP contribution in [0.3, 0.4) is 0 Å². The van der Waals surface area contributed by atoms with Crippen molar-refractivity contribution in [2.24, 2.45) is 4.99 Å². The minimum Gasteiger partial charge on any atom is -0.325 e. The zero-order chi connectivity index (χ0) is 15.2. The standard InChI is InChI=1S/C14H9Cl3N4/c15-9-5-10(16)7-11(6-9)20-14(19-8-18)21-13-4-2-1-3-12(13)17/h1-7H,(H2,19,20,21). The van der Waals surface area contributed by atoms with E-state index in [4.69, 9.17) is 40.1 Å². The molecule has 0 saturated carbocycles. The van der Waals surface area contributed by atoms with E-state index in [0.29, 0.717) is 26.4 Å². The predicted octanol–water partition coefficient (Wildman–Crippen LogP) is 4.82. The Morgan fingerprint density at radius 3 is 2.33 bits per heavy atom. The molecule has 21 heavy (non-hydrogen) atoms. The topological polar surface area (TPSA) is 60.2 Å². The molecule has 0 radical (unpaired) electrons. The zero-order valence-electron chi connectivity index (χ0n) is 10.6. The van der Waals surface area contributed by atoms with Gasteiger partial charge in [0, 0.05) is 15.7 Å². The van der Waals surface area contributed by atoms with Crippen molar-refractivity contribution in [3.05, 3.63) is 57.5 Å². The number of para-hydroxylation sites is 1. The first kappa shape index (κ1) is 15.5. The molecule has 0 aliphatic rings. The molecule has 0 heterocycles. The maximum absolute atomic E-state index is 8.80. The smallest absolute Gasteiger partial charge is 0.214 e. The zero-order valence-corrected chi connectivity index (χ0v) is 12.8. The van der Waals surface area contributed by atoms with Gasteiger partial charge in [-0.15, -0.1) is 0 Å². The number of hydrogen-bond acceptors (Lipinski definition) is 2. The molecular weight excluding hydrogens is 331 g/mol. The van der Waals surface area contributed by atoms with E-state index in [0.717, 1.165) is 0 Å². The normalized spacial score (nSPS) is 10.9. The molecule has 106 valence electrons. The Bertz CT molecular complexity index is 702. The average molecular weight is 340 g/mol. The van der Waals surface area contributed by atoms with Gasteiger partial charge >= 0.3 is 0 Å². The van der Waals surface area contributed by atoms with E-state index in [1.807, 2.05) is 0 Å². The number of hydrogen-bond donors (Lipinski definition) is 2. The molecule has 0 aliphatic heterocycles. The molecule has 2 N–H and O–H groups in total. The van der Waals surface area contributed by atoms with E-state index in [-0.39, 0.29) is 5.96 Å². The Kier molecular flexibility index (Phi) is 5.29. The molecule has 0 bridgehead atoms. The second-order valence-corrected chi connectivity index (χ2v) is 5.21. The van der Waals surface area contributed by atoms with Crippen LogP contribution < -0.4 is 10.6 Å². The Labute approximate surface area is 137 Å². The van der Waals surface area contributed by atoms with Crippen molar-refractivity contribution >= 4 is 52.1 Å². The lowest BCUT2D eigenvalue weighted by Gasteiger charge is -2.09. The summed E-state index contributed by atoms with van der Waals surface area (Å²) in [6.45, 7) is 0. The van der Waals surface area contributed by atoms with Crippen molar-refractivity contribution < 1.29 is 0 Å². The number of halogens is 3. The molecule has 0 spiro atoms. The van der Waals surface area contributed by atoms with Gasteiger partial charge in [-0.1, -0.05) is 46.9 Å². The fraction of sp³-hybridized carbons (Fsp3) is 0. The van der Waals surface area contributed by atoms with Crippen LogP contribution in [0.5, 0.6) is 0 Å². The van der Waals surface area contributed by atoms with E-state index in [2.05, 4.69) is 15.6 Å².